The van der Waals surface area contributed by atoms with Crippen molar-refractivity contribution in [1.82, 2.24) is 5.32 Å². The van der Waals surface area contributed by atoms with Crippen LogP contribution in [0.2, 0.25) is 0 Å². The van der Waals surface area contributed by atoms with Crippen molar-refractivity contribution in [1.29, 1.82) is 0 Å². The van der Waals surface area contributed by atoms with Crippen molar-refractivity contribution in [3.8, 4) is 0 Å². The van der Waals surface area contributed by atoms with Crippen molar-refractivity contribution in [2.45, 2.75) is 110 Å². The lowest BCUT2D eigenvalue weighted by atomic mass is 9.87. The molecule has 6 heteroatoms. The van der Waals surface area contributed by atoms with Gasteiger partial charge in [-0.05, 0) is 71.9 Å². The smallest absolute Gasteiger partial charge is 0.237 e. The summed E-state index contributed by atoms with van der Waals surface area (Å²) >= 11 is 0. The Balaban J connectivity index is 2.60. The Kier molecular flexibility index (Phi) is 10.5. The Morgan fingerprint density at radius 2 is 1.97 bits per heavy atom. The standard InChI is InChI=1S/C23H43N3O3/c1-9-18(24)22(27)26-15(2)13-14-21(25-8)28-19-11-10-12-20(17(4)16(19)3)29-23(5,6)7/h10,12,15-21H,8-9,11,13-14,24H2,1-7H3,(H,26,27)/t15-,16+,17+,18+,19?,20+,21?/m0/s1. The van der Waals surface area contributed by atoms with Crippen molar-refractivity contribution in [3.63, 3.8) is 0 Å². The number of rotatable bonds is 10. The first-order valence-corrected chi connectivity index (χ1v) is 11.0. The highest BCUT2D eigenvalue weighted by atomic mass is 16.5. The zero-order chi connectivity index (χ0) is 22.2. The van der Waals surface area contributed by atoms with Gasteiger partial charge in [0, 0.05) is 6.04 Å². The number of hydrogen-bond acceptors (Lipinski definition) is 5. The number of amides is 1. The van der Waals surface area contributed by atoms with Crippen LogP contribution in [0.15, 0.2) is 17.1 Å². The Labute approximate surface area is 177 Å². The van der Waals surface area contributed by atoms with E-state index in [0.29, 0.717) is 24.7 Å². The van der Waals surface area contributed by atoms with E-state index in [2.05, 4.69) is 63.8 Å². The predicted molar refractivity (Wildman–Crippen MR) is 120 cm³/mol. The van der Waals surface area contributed by atoms with Crippen molar-refractivity contribution in [2.24, 2.45) is 22.6 Å². The molecule has 1 amide bonds. The minimum atomic E-state index is -0.453. The van der Waals surface area contributed by atoms with Gasteiger partial charge in [0.05, 0.1) is 23.9 Å². The predicted octanol–water partition coefficient (Wildman–Crippen LogP) is 3.84. The maximum absolute atomic E-state index is 11.9. The van der Waals surface area contributed by atoms with Crippen LogP contribution >= 0.6 is 0 Å². The summed E-state index contributed by atoms with van der Waals surface area (Å²) in [6, 6.07) is -0.437. The molecule has 0 heterocycles. The largest absolute Gasteiger partial charge is 0.368 e. The number of hydrogen-bond donors (Lipinski definition) is 2. The highest BCUT2D eigenvalue weighted by molar-refractivity contribution is 5.81. The van der Waals surface area contributed by atoms with Crippen molar-refractivity contribution >= 4 is 12.6 Å². The topological polar surface area (TPSA) is 85.9 Å². The van der Waals surface area contributed by atoms with E-state index >= 15 is 0 Å². The first-order valence-electron chi connectivity index (χ1n) is 11.0. The van der Waals surface area contributed by atoms with Gasteiger partial charge in [-0.1, -0.05) is 32.9 Å². The Bertz CT molecular complexity index is 544. The third kappa shape index (κ3) is 8.97. The maximum atomic E-state index is 11.9. The number of aliphatic imine (C=N–C) groups is 1. The lowest BCUT2D eigenvalue weighted by Crippen LogP contribution is -2.44. The van der Waals surface area contributed by atoms with Crippen LogP contribution in [0.5, 0.6) is 0 Å². The highest BCUT2D eigenvalue weighted by Gasteiger charge is 2.33. The van der Waals surface area contributed by atoms with E-state index < -0.39 is 6.04 Å². The van der Waals surface area contributed by atoms with E-state index in [9.17, 15) is 4.79 Å². The summed E-state index contributed by atoms with van der Waals surface area (Å²) in [5, 5.41) is 2.96. The quantitative estimate of drug-likeness (QED) is 0.424. The fraction of sp³-hybridized carbons (Fsp3) is 0.826. The van der Waals surface area contributed by atoms with Gasteiger partial charge < -0.3 is 20.5 Å². The van der Waals surface area contributed by atoms with Gasteiger partial charge in [-0.2, -0.15) is 0 Å². The van der Waals surface area contributed by atoms with Gasteiger partial charge in [0.1, 0.15) is 6.23 Å². The molecule has 0 aromatic heterocycles. The number of carbonyl (C=O) groups excluding carboxylic acids is 1. The van der Waals surface area contributed by atoms with Gasteiger partial charge in [-0.25, -0.2) is 0 Å². The Morgan fingerprint density at radius 1 is 1.31 bits per heavy atom. The number of nitrogens with zero attached hydrogens (tertiary/aromatic N) is 1. The fourth-order valence-electron chi connectivity index (χ4n) is 3.51. The molecule has 0 saturated heterocycles. The summed E-state index contributed by atoms with van der Waals surface area (Å²) in [5.41, 5.74) is 5.60. The second-order valence-electron chi connectivity index (χ2n) is 9.39. The fourth-order valence-corrected chi connectivity index (χ4v) is 3.51. The average Bonchev–Trinajstić information content (AvgIpc) is 2.77. The van der Waals surface area contributed by atoms with Gasteiger partial charge in [0.2, 0.25) is 5.91 Å². The molecule has 0 spiro atoms. The van der Waals surface area contributed by atoms with E-state index in [1.54, 1.807) is 0 Å². The Hall–Kier alpha value is -1.24. The number of ether oxygens (including phenoxy) is 2. The highest BCUT2D eigenvalue weighted by Crippen LogP contribution is 2.32. The van der Waals surface area contributed by atoms with Crippen LogP contribution in [0.3, 0.4) is 0 Å². The SMILES string of the molecule is C=NC(CC[C@H](C)NC(=O)[C@H](N)CC)OC1CC=C[C@@H](OC(C)(C)C)[C@H](C)[C@H]1C. The molecule has 0 radical (unpaired) electrons. The monoisotopic (exact) mass is 409 g/mol. The van der Waals surface area contributed by atoms with E-state index in [0.717, 1.165) is 12.8 Å². The van der Waals surface area contributed by atoms with Gasteiger partial charge in [-0.15, -0.1) is 0 Å². The van der Waals surface area contributed by atoms with Crippen molar-refractivity contribution < 1.29 is 14.3 Å². The molecule has 0 aromatic rings. The zero-order valence-electron chi connectivity index (χ0n) is 19.5. The summed E-state index contributed by atoms with van der Waals surface area (Å²) in [7, 11) is 0. The molecule has 1 rings (SSSR count). The van der Waals surface area contributed by atoms with Crippen LogP contribution in [0.25, 0.3) is 0 Å². The molecule has 0 aromatic carbocycles. The summed E-state index contributed by atoms with van der Waals surface area (Å²) in [6.07, 6.45) is 7.10. The Morgan fingerprint density at radius 3 is 2.52 bits per heavy atom. The molecule has 6 nitrogen and oxygen atoms in total. The molecule has 0 saturated carbocycles. The average molecular weight is 410 g/mol. The molecule has 1 aliphatic carbocycles. The second-order valence-corrected chi connectivity index (χ2v) is 9.39. The van der Waals surface area contributed by atoms with Crippen LogP contribution in [0, 0.1) is 11.8 Å². The summed E-state index contributed by atoms with van der Waals surface area (Å²) < 4.78 is 12.6. The van der Waals surface area contributed by atoms with Crippen LogP contribution in [-0.4, -0.2) is 48.7 Å². The molecular formula is C23H43N3O3. The lowest BCUT2D eigenvalue weighted by Gasteiger charge is -2.34. The van der Waals surface area contributed by atoms with E-state index in [1.165, 1.54) is 0 Å². The molecular weight excluding hydrogens is 366 g/mol. The second kappa shape index (κ2) is 11.8. The van der Waals surface area contributed by atoms with E-state index in [1.807, 2.05) is 13.8 Å². The van der Waals surface area contributed by atoms with Crippen LogP contribution in [0.4, 0.5) is 0 Å². The molecule has 168 valence electrons. The third-order valence-corrected chi connectivity index (χ3v) is 5.67. The zero-order valence-corrected chi connectivity index (χ0v) is 19.5. The van der Waals surface area contributed by atoms with Gasteiger partial charge in [0.25, 0.3) is 0 Å². The van der Waals surface area contributed by atoms with Crippen LogP contribution < -0.4 is 11.1 Å². The third-order valence-electron chi connectivity index (χ3n) is 5.67. The summed E-state index contributed by atoms with van der Waals surface area (Å²) in [6.45, 7) is 18.3. The van der Waals surface area contributed by atoms with Crippen LogP contribution in [0.1, 0.15) is 74.1 Å². The molecule has 0 bridgehead atoms. The normalized spacial score (nSPS) is 28.3. The van der Waals surface area contributed by atoms with Gasteiger partial charge in [-0.3, -0.25) is 9.79 Å². The van der Waals surface area contributed by atoms with Gasteiger partial charge in [0.15, 0.2) is 0 Å². The first-order chi connectivity index (χ1) is 13.5. The molecule has 7 atom stereocenters. The molecule has 29 heavy (non-hydrogen) atoms. The van der Waals surface area contributed by atoms with Crippen molar-refractivity contribution in [3.05, 3.63) is 12.2 Å². The molecule has 3 N–H and O–H groups in total. The molecule has 0 fully saturated rings. The minimum Gasteiger partial charge on any atom is -0.368 e. The molecule has 2 unspecified atom stereocenters. The van der Waals surface area contributed by atoms with Crippen molar-refractivity contribution in [2.75, 3.05) is 0 Å². The van der Waals surface area contributed by atoms with E-state index in [4.69, 9.17) is 15.2 Å². The minimum absolute atomic E-state index is 0.0166. The van der Waals surface area contributed by atoms with E-state index in [-0.39, 0.29) is 36.0 Å². The lowest BCUT2D eigenvalue weighted by molar-refractivity contribution is -0.123. The van der Waals surface area contributed by atoms with Gasteiger partial charge >= 0.3 is 0 Å². The number of nitrogens with one attached hydrogen (secondary N) is 1. The number of nitrogens with two attached hydrogens (primary N) is 1. The summed E-state index contributed by atoms with van der Waals surface area (Å²) in [5.74, 6) is 0.545. The molecule has 1 aliphatic rings. The van der Waals surface area contributed by atoms with Crippen LogP contribution in [-0.2, 0) is 14.3 Å². The molecule has 0 aliphatic heterocycles. The summed E-state index contributed by atoms with van der Waals surface area (Å²) in [4.78, 5) is 16.1. The number of carbonyl (C=O) groups is 1. The first kappa shape index (κ1) is 25.8. The maximum Gasteiger partial charge on any atom is 0.237 e.